The minimum absolute atomic E-state index is 0.00594. The van der Waals surface area contributed by atoms with Gasteiger partial charge in [0.1, 0.15) is 12.1 Å². The van der Waals surface area contributed by atoms with E-state index in [9.17, 15) is 14.0 Å². The van der Waals surface area contributed by atoms with Crippen molar-refractivity contribution in [3.8, 4) is 0 Å². The van der Waals surface area contributed by atoms with E-state index in [1.165, 1.54) is 18.2 Å². The summed E-state index contributed by atoms with van der Waals surface area (Å²) in [6.45, 7) is 0.560. The number of rotatable bonds is 3. The van der Waals surface area contributed by atoms with Gasteiger partial charge < -0.3 is 14.4 Å². The lowest BCUT2D eigenvalue weighted by Gasteiger charge is -2.24. The van der Waals surface area contributed by atoms with Gasteiger partial charge in [-0.15, -0.1) is 0 Å². The highest BCUT2D eigenvalue weighted by molar-refractivity contribution is 5.95. The third-order valence-electron chi connectivity index (χ3n) is 3.83. The molecule has 1 aromatic carbocycles. The fourth-order valence-corrected chi connectivity index (χ4v) is 2.74. The minimum atomic E-state index is -1.14. The van der Waals surface area contributed by atoms with Gasteiger partial charge in [-0.05, 0) is 30.5 Å². The van der Waals surface area contributed by atoms with Crippen LogP contribution in [0.25, 0.3) is 0 Å². The molecule has 1 aliphatic heterocycles. The summed E-state index contributed by atoms with van der Waals surface area (Å²) < 4.78 is 18.1. The predicted octanol–water partition coefficient (Wildman–Crippen LogP) is 3.09. The van der Waals surface area contributed by atoms with E-state index in [1.807, 2.05) is 0 Å². The topological polar surface area (TPSA) is 70.7 Å². The second-order valence-electron chi connectivity index (χ2n) is 5.21. The first kappa shape index (κ1) is 14.3. The number of carboxylic acids is 1. The fourth-order valence-electron chi connectivity index (χ4n) is 2.74. The Morgan fingerprint density at radius 1 is 1.27 bits per heavy atom. The Kier molecular flexibility index (Phi) is 3.66. The van der Waals surface area contributed by atoms with Gasteiger partial charge in [0.25, 0.3) is 5.91 Å². The Bertz CT molecular complexity index is 707. The van der Waals surface area contributed by atoms with Crippen LogP contribution in [-0.2, 0) is 0 Å². The van der Waals surface area contributed by atoms with E-state index in [2.05, 4.69) is 0 Å². The summed E-state index contributed by atoms with van der Waals surface area (Å²) in [5, 5.41) is 8.88. The number of carbonyl (C=O) groups excluding carboxylic acids is 1. The summed E-state index contributed by atoms with van der Waals surface area (Å²) in [5.41, 5.74) is 0.804. The molecule has 3 rings (SSSR count). The van der Waals surface area contributed by atoms with Crippen LogP contribution in [0, 0.1) is 5.82 Å². The van der Waals surface area contributed by atoms with Gasteiger partial charge in [-0.25, -0.2) is 9.18 Å². The highest BCUT2D eigenvalue weighted by Crippen LogP contribution is 2.33. The Morgan fingerprint density at radius 3 is 2.64 bits per heavy atom. The largest absolute Gasteiger partial charge is 0.478 e. The highest BCUT2D eigenvalue weighted by atomic mass is 19.1. The molecule has 0 bridgehead atoms. The van der Waals surface area contributed by atoms with Gasteiger partial charge in [0.05, 0.1) is 11.6 Å². The van der Waals surface area contributed by atoms with E-state index >= 15 is 0 Å². The van der Waals surface area contributed by atoms with Gasteiger partial charge in [-0.3, -0.25) is 4.79 Å². The molecule has 2 heterocycles. The van der Waals surface area contributed by atoms with E-state index in [0.717, 1.165) is 24.7 Å². The molecule has 22 heavy (non-hydrogen) atoms. The quantitative estimate of drug-likeness (QED) is 0.946. The molecule has 0 radical (unpaired) electrons. The maximum atomic E-state index is 13.0. The summed E-state index contributed by atoms with van der Waals surface area (Å²) >= 11 is 0. The average Bonchev–Trinajstić information content (AvgIpc) is 3.17. The number of furan rings is 1. The maximum absolute atomic E-state index is 13.0. The molecule has 1 amide bonds. The molecule has 1 N–H and O–H groups in total. The summed E-state index contributed by atoms with van der Waals surface area (Å²) in [6, 6.07) is 7.14. The molecule has 1 aromatic heterocycles. The van der Waals surface area contributed by atoms with E-state index in [1.54, 1.807) is 17.0 Å². The molecule has 5 nitrogen and oxygen atoms in total. The predicted molar refractivity (Wildman–Crippen MR) is 75.1 cm³/mol. The maximum Gasteiger partial charge on any atom is 0.338 e. The zero-order valence-electron chi connectivity index (χ0n) is 11.7. The van der Waals surface area contributed by atoms with Gasteiger partial charge in [-0.2, -0.15) is 0 Å². The van der Waals surface area contributed by atoms with Crippen LogP contribution in [0.1, 0.15) is 45.4 Å². The molecule has 1 fully saturated rings. The smallest absolute Gasteiger partial charge is 0.338 e. The van der Waals surface area contributed by atoms with Gasteiger partial charge in [0, 0.05) is 12.6 Å². The van der Waals surface area contributed by atoms with Gasteiger partial charge >= 0.3 is 5.97 Å². The van der Waals surface area contributed by atoms with Gasteiger partial charge in [0.2, 0.25) is 0 Å². The van der Waals surface area contributed by atoms with Gasteiger partial charge in [0.15, 0.2) is 5.76 Å². The monoisotopic (exact) mass is 303 g/mol. The van der Waals surface area contributed by atoms with Crippen LogP contribution in [0.3, 0.4) is 0 Å². The van der Waals surface area contributed by atoms with E-state index in [-0.39, 0.29) is 29.1 Å². The number of amides is 1. The number of carboxylic acid groups (broad SMARTS) is 1. The Hall–Kier alpha value is -2.63. The number of hydrogen-bond acceptors (Lipinski definition) is 3. The van der Waals surface area contributed by atoms with Crippen LogP contribution in [0.2, 0.25) is 0 Å². The third kappa shape index (κ3) is 2.59. The van der Waals surface area contributed by atoms with Crippen molar-refractivity contribution in [2.75, 3.05) is 6.54 Å². The van der Waals surface area contributed by atoms with Crippen molar-refractivity contribution >= 4 is 11.9 Å². The van der Waals surface area contributed by atoms with Crippen molar-refractivity contribution in [1.82, 2.24) is 4.90 Å². The minimum Gasteiger partial charge on any atom is -0.478 e. The first-order valence-electron chi connectivity index (χ1n) is 6.94. The standard InChI is InChI=1S/C16H14FNO4/c17-12-5-3-10(4-6-12)13-2-1-7-18(13)15(19)14-8-11(9-22-14)16(20)21/h3-6,8-9,13H,1-2,7H2,(H,20,21). The van der Waals surface area contributed by atoms with E-state index < -0.39 is 5.97 Å². The first-order valence-corrected chi connectivity index (χ1v) is 6.94. The third-order valence-corrected chi connectivity index (χ3v) is 3.83. The number of halogens is 1. The molecular formula is C16H14FNO4. The van der Waals surface area contributed by atoms with Crippen LogP contribution in [0.4, 0.5) is 4.39 Å². The van der Waals surface area contributed by atoms with Crippen molar-refractivity contribution in [3.63, 3.8) is 0 Å². The van der Waals surface area contributed by atoms with Crippen LogP contribution in [0.5, 0.6) is 0 Å². The number of benzene rings is 1. The molecule has 1 unspecified atom stereocenters. The van der Waals surface area contributed by atoms with Crippen molar-refractivity contribution < 1.29 is 23.5 Å². The molecule has 2 aromatic rings. The molecule has 1 aliphatic rings. The Morgan fingerprint density at radius 2 is 2.00 bits per heavy atom. The number of aromatic carboxylic acids is 1. The van der Waals surface area contributed by atoms with Crippen molar-refractivity contribution in [1.29, 1.82) is 0 Å². The summed E-state index contributed by atoms with van der Waals surface area (Å²) in [4.78, 5) is 25.0. The highest BCUT2D eigenvalue weighted by Gasteiger charge is 2.32. The molecule has 0 spiro atoms. The molecule has 114 valence electrons. The van der Waals surface area contributed by atoms with Crippen molar-refractivity contribution in [2.45, 2.75) is 18.9 Å². The van der Waals surface area contributed by atoms with Crippen molar-refractivity contribution in [3.05, 3.63) is 59.3 Å². The Labute approximate surface area is 126 Å². The summed E-state index contributed by atoms with van der Waals surface area (Å²) in [5.74, 6) is -1.80. The average molecular weight is 303 g/mol. The SMILES string of the molecule is O=C(O)c1coc(C(=O)N2CCCC2c2ccc(F)cc2)c1. The second-order valence-corrected chi connectivity index (χ2v) is 5.21. The molecule has 0 saturated carbocycles. The first-order chi connectivity index (χ1) is 10.6. The number of carbonyl (C=O) groups is 2. The number of hydrogen-bond donors (Lipinski definition) is 1. The van der Waals surface area contributed by atoms with Crippen LogP contribution in [0.15, 0.2) is 41.0 Å². The van der Waals surface area contributed by atoms with Gasteiger partial charge in [-0.1, -0.05) is 12.1 Å². The molecule has 6 heteroatoms. The van der Waals surface area contributed by atoms with E-state index in [4.69, 9.17) is 9.52 Å². The molecule has 0 aliphatic carbocycles. The normalized spacial score (nSPS) is 17.7. The van der Waals surface area contributed by atoms with Crippen LogP contribution >= 0.6 is 0 Å². The summed E-state index contributed by atoms with van der Waals surface area (Å²) in [7, 11) is 0. The molecular weight excluding hydrogens is 289 g/mol. The zero-order valence-corrected chi connectivity index (χ0v) is 11.7. The van der Waals surface area contributed by atoms with E-state index in [0.29, 0.717) is 6.54 Å². The fraction of sp³-hybridized carbons (Fsp3) is 0.250. The zero-order chi connectivity index (χ0) is 15.7. The lowest BCUT2D eigenvalue weighted by Crippen LogP contribution is -2.30. The lowest BCUT2D eigenvalue weighted by molar-refractivity contribution is 0.0690. The number of likely N-dealkylation sites (tertiary alicyclic amines) is 1. The molecule has 1 saturated heterocycles. The van der Waals surface area contributed by atoms with Crippen LogP contribution in [-0.4, -0.2) is 28.4 Å². The lowest BCUT2D eigenvalue weighted by atomic mass is 10.0. The summed E-state index contributed by atoms with van der Waals surface area (Å²) in [6.07, 6.45) is 2.67. The second kappa shape index (κ2) is 5.63. The van der Waals surface area contributed by atoms with Crippen LogP contribution < -0.4 is 0 Å². The Balaban J connectivity index is 1.84. The molecule has 1 atom stereocenters. The van der Waals surface area contributed by atoms with Crippen molar-refractivity contribution in [2.24, 2.45) is 0 Å². The number of nitrogens with zero attached hydrogens (tertiary/aromatic N) is 1.